The Balaban J connectivity index is 1.59. The molecule has 1 heterocycles. The number of hydrogen-bond acceptors (Lipinski definition) is 3. The van der Waals surface area contributed by atoms with Crippen LogP contribution in [0.25, 0.3) is 0 Å². The van der Waals surface area contributed by atoms with Crippen molar-refractivity contribution in [2.75, 3.05) is 43.4 Å². The van der Waals surface area contributed by atoms with Crippen LogP contribution in [0.5, 0.6) is 0 Å². The summed E-state index contributed by atoms with van der Waals surface area (Å²) in [5.74, 6) is 0. The van der Waals surface area contributed by atoms with E-state index in [4.69, 9.17) is 0 Å². The van der Waals surface area contributed by atoms with Crippen molar-refractivity contribution in [2.24, 2.45) is 0 Å². The van der Waals surface area contributed by atoms with E-state index in [0.717, 1.165) is 31.9 Å². The van der Waals surface area contributed by atoms with Crippen molar-refractivity contribution in [3.63, 3.8) is 0 Å². The van der Waals surface area contributed by atoms with Crippen molar-refractivity contribution >= 4 is 11.4 Å². The molecule has 4 rings (SSSR count). The highest BCUT2D eigenvalue weighted by Gasteiger charge is 2.16. The van der Waals surface area contributed by atoms with Crippen molar-refractivity contribution in [3.05, 3.63) is 96.1 Å². The van der Waals surface area contributed by atoms with Gasteiger partial charge in [-0.15, -0.1) is 0 Å². The predicted molar refractivity (Wildman–Crippen MR) is 115 cm³/mol. The average molecular weight is 358 g/mol. The van der Waals surface area contributed by atoms with Gasteiger partial charge in [0.1, 0.15) is 0 Å². The molecule has 3 aromatic rings. The van der Waals surface area contributed by atoms with E-state index in [1.54, 1.807) is 0 Å². The van der Waals surface area contributed by atoms with Gasteiger partial charge in [0.25, 0.3) is 0 Å². The van der Waals surface area contributed by atoms with Crippen molar-refractivity contribution in [1.29, 1.82) is 0 Å². The van der Waals surface area contributed by atoms with Crippen LogP contribution in [0.4, 0.5) is 11.4 Å². The number of likely N-dealkylation sites (N-methyl/N-ethyl adjacent to an activating group) is 1. The lowest BCUT2D eigenvalue weighted by Gasteiger charge is -2.34. The Hall–Kier alpha value is -2.78. The minimum absolute atomic E-state index is 0.134. The van der Waals surface area contributed by atoms with E-state index in [9.17, 15) is 0 Å². The van der Waals surface area contributed by atoms with Gasteiger partial charge in [-0.2, -0.15) is 0 Å². The Bertz CT molecular complexity index is 800. The monoisotopic (exact) mass is 357 g/mol. The van der Waals surface area contributed by atoms with Gasteiger partial charge in [-0.3, -0.25) is 0 Å². The lowest BCUT2D eigenvalue weighted by Crippen LogP contribution is -2.44. The topological polar surface area (TPSA) is 18.5 Å². The van der Waals surface area contributed by atoms with Gasteiger partial charge in [-0.25, -0.2) is 0 Å². The Morgan fingerprint density at radius 2 is 1.30 bits per heavy atom. The van der Waals surface area contributed by atoms with E-state index in [1.165, 1.54) is 16.8 Å². The van der Waals surface area contributed by atoms with Crippen LogP contribution in [0, 0.1) is 0 Å². The van der Waals surface area contributed by atoms with Crippen molar-refractivity contribution < 1.29 is 0 Å². The Kier molecular flexibility index (Phi) is 5.40. The zero-order valence-electron chi connectivity index (χ0n) is 15.9. The summed E-state index contributed by atoms with van der Waals surface area (Å²) in [5.41, 5.74) is 5.00. The fourth-order valence-electron chi connectivity index (χ4n) is 3.67. The third-order valence-electron chi connectivity index (χ3n) is 5.29. The fourth-order valence-corrected chi connectivity index (χ4v) is 3.67. The van der Waals surface area contributed by atoms with E-state index in [-0.39, 0.29) is 6.04 Å². The first-order chi connectivity index (χ1) is 13.3. The van der Waals surface area contributed by atoms with Crippen LogP contribution < -0.4 is 10.2 Å². The van der Waals surface area contributed by atoms with Crippen LogP contribution in [-0.4, -0.2) is 38.1 Å². The SMILES string of the molecule is CN1CCN(c2cccc(NC(c3ccccc3)c3ccccc3)c2)CC1. The summed E-state index contributed by atoms with van der Waals surface area (Å²) in [6.07, 6.45) is 0. The van der Waals surface area contributed by atoms with Gasteiger partial charge in [-0.05, 0) is 36.4 Å². The van der Waals surface area contributed by atoms with Gasteiger partial charge in [0.2, 0.25) is 0 Å². The molecule has 0 atom stereocenters. The number of nitrogens with one attached hydrogen (secondary N) is 1. The molecule has 0 spiro atoms. The van der Waals surface area contributed by atoms with Crippen LogP contribution in [0.1, 0.15) is 17.2 Å². The van der Waals surface area contributed by atoms with Gasteiger partial charge in [0, 0.05) is 37.6 Å². The van der Waals surface area contributed by atoms with Gasteiger partial charge in [-0.1, -0.05) is 66.7 Å². The molecule has 1 N–H and O–H groups in total. The first-order valence-electron chi connectivity index (χ1n) is 9.69. The maximum atomic E-state index is 3.76. The molecule has 0 aliphatic carbocycles. The minimum Gasteiger partial charge on any atom is -0.374 e. The van der Waals surface area contributed by atoms with Crippen molar-refractivity contribution in [2.45, 2.75) is 6.04 Å². The van der Waals surface area contributed by atoms with Crippen molar-refractivity contribution in [3.8, 4) is 0 Å². The minimum atomic E-state index is 0.134. The molecule has 27 heavy (non-hydrogen) atoms. The van der Waals surface area contributed by atoms with Crippen molar-refractivity contribution in [1.82, 2.24) is 4.90 Å². The summed E-state index contributed by atoms with van der Waals surface area (Å²) in [7, 11) is 2.19. The highest BCUT2D eigenvalue weighted by Crippen LogP contribution is 2.28. The fraction of sp³-hybridized carbons (Fsp3) is 0.250. The van der Waals surface area contributed by atoms with Gasteiger partial charge in [0.05, 0.1) is 6.04 Å². The molecule has 1 aliphatic rings. The summed E-state index contributed by atoms with van der Waals surface area (Å²) >= 11 is 0. The molecule has 3 nitrogen and oxygen atoms in total. The van der Waals surface area contributed by atoms with Gasteiger partial charge < -0.3 is 15.1 Å². The molecule has 0 amide bonds. The van der Waals surface area contributed by atoms with Crippen LogP contribution in [0.3, 0.4) is 0 Å². The second kappa shape index (κ2) is 8.28. The number of piperazine rings is 1. The molecule has 0 saturated carbocycles. The molecule has 1 fully saturated rings. The molecule has 0 unspecified atom stereocenters. The third-order valence-corrected chi connectivity index (χ3v) is 5.29. The predicted octanol–water partition coefficient (Wildman–Crippen LogP) is 4.64. The quantitative estimate of drug-likeness (QED) is 0.718. The summed E-state index contributed by atoms with van der Waals surface area (Å²) in [6.45, 7) is 4.41. The van der Waals surface area contributed by atoms with Crippen LogP contribution in [0.15, 0.2) is 84.9 Å². The molecule has 0 radical (unpaired) electrons. The van der Waals surface area contributed by atoms with Gasteiger partial charge in [0.15, 0.2) is 0 Å². The summed E-state index contributed by atoms with van der Waals surface area (Å²) in [4.78, 5) is 4.87. The normalized spacial score (nSPS) is 15.1. The highest BCUT2D eigenvalue weighted by molar-refractivity contribution is 5.60. The summed E-state index contributed by atoms with van der Waals surface area (Å²) < 4.78 is 0. The highest BCUT2D eigenvalue weighted by atomic mass is 15.2. The molecular formula is C24H27N3. The number of anilines is 2. The molecular weight excluding hydrogens is 330 g/mol. The average Bonchev–Trinajstić information content (AvgIpc) is 2.74. The molecule has 138 valence electrons. The molecule has 3 heteroatoms. The van der Waals surface area contributed by atoms with E-state index in [1.807, 2.05) is 0 Å². The van der Waals surface area contributed by atoms with E-state index >= 15 is 0 Å². The summed E-state index contributed by atoms with van der Waals surface area (Å²) in [5, 5.41) is 3.76. The zero-order valence-corrected chi connectivity index (χ0v) is 15.9. The lowest BCUT2D eigenvalue weighted by molar-refractivity contribution is 0.313. The molecule has 0 aromatic heterocycles. The Morgan fingerprint density at radius 1 is 0.704 bits per heavy atom. The number of nitrogens with zero attached hydrogens (tertiary/aromatic N) is 2. The standard InChI is InChI=1S/C24H27N3/c1-26-15-17-27(18-16-26)23-14-8-13-22(19-23)25-24(20-9-4-2-5-10-20)21-11-6-3-7-12-21/h2-14,19,24-25H,15-18H2,1H3. The van der Waals surface area contributed by atoms with Crippen LogP contribution >= 0.6 is 0 Å². The lowest BCUT2D eigenvalue weighted by atomic mass is 9.98. The Labute approximate surface area is 162 Å². The zero-order chi connectivity index (χ0) is 18.5. The maximum Gasteiger partial charge on any atom is 0.0767 e. The van der Waals surface area contributed by atoms with E-state index < -0.39 is 0 Å². The Morgan fingerprint density at radius 3 is 1.89 bits per heavy atom. The maximum absolute atomic E-state index is 3.76. The van der Waals surface area contributed by atoms with E-state index in [2.05, 4.69) is 107 Å². The number of hydrogen-bond donors (Lipinski definition) is 1. The summed E-state index contributed by atoms with van der Waals surface area (Å²) in [6, 6.07) is 30.3. The van der Waals surface area contributed by atoms with Crippen LogP contribution in [0.2, 0.25) is 0 Å². The number of rotatable bonds is 5. The first-order valence-corrected chi connectivity index (χ1v) is 9.69. The molecule has 0 bridgehead atoms. The third kappa shape index (κ3) is 4.32. The van der Waals surface area contributed by atoms with Gasteiger partial charge >= 0.3 is 0 Å². The largest absolute Gasteiger partial charge is 0.374 e. The van der Waals surface area contributed by atoms with Crippen LogP contribution in [-0.2, 0) is 0 Å². The second-order valence-electron chi connectivity index (χ2n) is 7.24. The number of benzene rings is 3. The second-order valence-corrected chi connectivity index (χ2v) is 7.24. The first kappa shape index (κ1) is 17.6. The molecule has 1 saturated heterocycles. The van der Waals surface area contributed by atoms with E-state index in [0.29, 0.717) is 0 Å². The molecule has 3 aromatic carbocycles. The smallest absolute Gasteiger partial charge is 0.0767 e. The molecule has 1 aliphatic heterocycles.